The molecule has 0 aromatic heterocycles. The fourth-order valence-electron chi connectivity index (χ4n) is 4.83. The minimum Gasteiger partial charge on any atom is -0.339 e. The van der Waals surface area contributed by atoms with Crippen molar-refractivity contribution in [1.29, 1.82) is 0 Å². The first kappa shape index (κ1) is 22.8. The number of hydrogen-bond donors (Lipinski definition) is 1. The standard InChI is InChI=1S/C27H31N3O3/c1-19(31)28-21-17-15-20(16-18-21)24-25(29(2)22-11-9-6-10-12-22)27(33)30(26(24)32)23-13-7-4-3-5-8-14-23/h6,9-12,15-18,23H,3-5,7-8,13-14H2,1-2H3,(H,28,31). The first-order chi connectivity index (χ1) is 16.0. The second-order valence-electron chi connectivity index (χ2n) is 8.86. The normalized spacial score (nSPS) is 17.7. The van der Waals surface area contributed by atoms with Gasteiger partial charge in [-0.05, 0) is 42.7 Å². The summed E-state index contributed by atoms with van der Waals surface area (Å²) in [4.78, 5) is 42.3. The molecule has 0 atom stereocenters. The number of nitrogens with one attached hydrogen (secondary N) is 1. The first-order valence-electron chi connectivity index (χ1n) is 11.8. The van der Waals surface area contributed by atoms with Gasteiger partial charge in [0.25, 0.3) is 11.8 Å². The van der Waals surface area contributed by atoms with Crippen molar-refractivity contribution in [3.8, 4) is 0 Å². The summed E-state index contributed by atoms with van der Waals surface area (Å²) in [6.07, 6.45) is 7.30. The van der Waals surface area contributed by atoms with Crippen LogP contribution in [0, 0.1) is 0 Å². The Morgan fingerprint density at radius 3 is 2.09 bits per heavy atom. The molecule has 4 rings (SSSR count). The van der Waals surface area contributed by atoms with E-state index in [1.165, 1.54) is 18.2 Å². The van der Waals surface area contributed by atoms with Crippen molar-refractivity contribution in [2.24, 2.45) is 0 Å². The Balaban J connectivity index is 1.75. The highest BCUT2D eigenvalue weighted by Gasteiger charge is 2.44. The highest BCUT2D eigenvalue weighted by molar-refractivity contribution is 6.36. The number of likely N-dealkylation sites (N-methyl/N-ethyl adjacent to an activating group) is 1. The highest BCUT2D eigenvalue weighted by atomic mass is 16.2. The summed E-state index contributed by atoms with van der Waals surface area (Å²) in [6, 6.07) is 16.7. The van der Waals surface area contributed by atoms with Crippen LogP contribution in [0.1, 0.15) is 57.4 Å². The van der Waals surface area contributed by atoms with Gasteiger partial charge >= 0.3 is 0 Å². The van der Waals surface area contributed by atoms with E-state index in [4.69, 9.17) is 0 Å². The Morgan fingerprint density at radius 1 is 0.879 bits per heavy atom. The van der Waals surface area contributed by atoms with Crippen LogP contribution in [0.3, 0.4) is 0 Å². The lowest BCUT2D eigenvalue weighted by atomic mass is 9.95. The van der Waals surface area contributed by atoms with Crippen LogP contribution >= 0.6 is 0 Å². The van der Waals surface area contributed by atoms with Gasteiger partial charge in [0.05, 0.1) is 5.57 Å². The molecule has 0 saturated heterocycles. The van der Waals surface area contributed by atoms with Gasteiger partial charge in [-0.15, -0.1) is 0 Å². The van der Waals surface area contributed by atoms with Crippen molar-refractivity contribution in [2.75, 3.05) is 17.3 Å². The third kappa shape index (κ3) is 4.85. The fourth-order valence-corrected chi connectivity index (χ4v) is 4.83. The molecule has 172 valence electrons. The van der Waals surface area contributed by atoms with E-state index < -0.39 is 0 Å². The fraction of sp³-hybridized carbons (Fsp3) is 0.370. The minimum atomic E-state index is -0.226. The molecule has 3 amide bonds. The van der Waals surface area contributed by atoms with Crippen molar-refractivity contribution in [3.05, 3.63) is 65.9 Å². The zero-order valence-electron chi connectivity index (χ0n) is 19.3. The summed E-state index contributed by atoms with van der Waals surface area (Å²) >= 11 is 0. The third-order valence-electron chi connectivity index (χ3n) is 6.50. The molecular weight excluding hydrogens is 414 g/mol. The quantitative estimate of drug-likeness (QED) is 0.660. The van der Waals surface area contributed by atoms with E-state index in [1.807, 2.05) is 42.3 Å². The van der Waals surface area contributed by atoms with Crippen LogP contribution in [0.5, 0.6) is 0 Å². The summed E-state index contributed by atoms with van der Waals surface area (Å²) in [7, 11) is 1.84. The van der Waals surface area contributed by atoms with Gasteiger partial charge in [-0.3, -0.25) is 19.3 Å². The molecule has 2 aromatic carbocycles. The van der Waals surface area contributed by atoms with E-state index in [1.54, 1.807) is 24.3 Å². The van der Waals surface area contributed by atoms with E-state index in [9.17, 15) is 14.4 Å². The Labute approximate surface area is 195 Å². The molecule has 0 bridgehead atoms. The lowest BCUT2D eigenvalue weighted by Crippen LogP contribution is -2.42. The molecule has 6 heteroatoms. The molecule has 6 nitrogen and oxygen atoms in total. The number of nitrogens with zero attached hydrogens (tertiary/aromatic N) is 2. The van der Waals surface area contributed by atoms with E-state index in [2.05, 4.69) is 5.32 Å². The summed E-state index contributed by atoms with van der Waals surface area (Å²) in [6.45, 7) is 1.45. The van der Waals surface area contributed by atoms with Gasteiger partial charge in [0.15, 0.2) is 0 Å². The molecule has 1 aliphatic heterocycles. The number of carbonyl (C=O) groups is 3. The molecule has 0 radical (unpaired) electrons. The number of rotatable bonds is 5. The average molecular weight is 446 g/mol. The molecule has 1 saturated carbocycles. The third-order valence-corrected chi connectivity index (χ3v) is 6.50. The van der Waals surface area contributed by atoms with Crippen molar-refractivity contribution in [3.63, 3.8) is 0 Å². The molecule has 33 heavy (non-hydrogen) atoms. The maximum atomic E-state index is 13.8. The van der Waals surface area contributed by atoms with E-state index in [0.717, 1.165) is 44.2 Å². The summed E-state index contributed by atoms with van der Waals surface area (Å²) in [5.74, 6) is -0.609. The predicted molar refractivity (Wildman–Crippen MR) is 130 cm³/mol. The largest absolute Gasteiger partial charge is 0.339 e. The number of carbonyl (C=O) groups excluding carboxylic acids is 3. The smallest absolute Gasteiger partial charge is 0.278 e. The van der Waals surface area contributed by atoms with Crippen molar-refractivity contribution in [1.82, 2.24) is 4.90 Å². The molecule has 1 fully saturated rings. The van der Waals surface area contributed by atoms with Gasteiger partial charge < -0.3 is 10.2 Å². The number of amides is 3. The molecule has 2 aromatic rings. The Hall–Kier alpha value is -3.41. The number of anilines is 2. The maximum absolute atomic E-state index is 13.8. The van der Waals surface area contributed by atoms with Crippen LogP contribution in [0.25, 0.3) is 5.57 Å². The number of para-hydroxylation sites is 1. The molecule has 0 unspecified atom stereocenters. The van der Waals surface area contributed by atoms with Crippen LogP contribution in [-0.2, 0) is 14.4 Å². The van der Waals surface area contributed by atoms with Gasteiger partial charge in [0.1, 0.15) is 5.70 Å². The lowest BCUT2D eigenvalue weighted by molar-refractivity contribution is -0.140. The van der Waals surface area contributed by atoms with Crippen molar-refractivity contribution >= 4 is 34.7 Å². The maximum Gasteiger partial charge on any atom is 0.278 e. The molecular formula is C27H31N3O3. The Kier molecular flexibility index (Phi) is 6.92. The second-order valence-corrected chi connectivity index (χ2v) is 8.86. The highest BCUT2D eigenvalue weighted by Crippen LogP contribution is 2.37. The Morgan fingerprint density at radius 2 is 1.48 bits per heavy atom. The Bertz CT molecular complexity index is 1050. The number of imide groups is 1. The second kappa shape index (κ2) is 10.0. The van der Waals surface area contributed by atoms with Gasteiger partial charge in [-0.2, -0.15) is 0 Å². The zero-order valence-corrected chi connectivity index (χ0v) is 19.3. The molecule has 1 aliphatic carbocycles. The van der Waals surface area contributed by atoms with E-state index in [0.29, 0.717) is 22.5 Å². The van der Waals surface area contributed by atoms with Gasteiger partial charge in [0, 0.05) is 31.4 Å². The van der Waals surface area contributed by atoms with Crippen molar-refractivity contribution in [2.45, 2.75) is 57.9 Å². The molecule has 0 spiro atoms. The van der Waals surface area contributed by atoms with Gasteiger partial charge in [-0.1, -0.05) is 62.4 Å². The summed E-state index contributed by atoms with van der Waals surface area (Å²) in [5.41, 5.74) is 3.00. The topological polar surface area (TPSA) is 69.7 Å². The first-order valence-corrected chi connectivity index (χ1v) is 11.8. The SMILES string of the molecule is CC(=O)Nc1ccc(C2=C(N(C)c3ccccc3)C(=O)N(C3CCCCCCC3)C2=O)cc1. The van der Waals surface area contributed by atoms with Crippen LogP contribution in [-0.4, -0.2) is 35.7 Å². The minimum absolute atomic E-state index is 0.0689. The van der Waals surface area contributed by atoms with Crippen LogP contribution in [0.2, 0.25) is 0 Å². The molecule has 1 heterocycles. The average Bonchev–Trinajstić information content (AvgIpc) is 3.04. The van der Waals surface area contributed by atoms with Crippen LogP contribution in [0.15, 0.2) is 60.3 Å². The van der Waals surface area contributed by atoms with Crippen molar-refractivity contribution < 1.29 is 14.4 Å². The number of hydrogen-bond acceptors (Lipinski definition) is 4. The van der Waals surface area contributed by atoms with E-state index in [-0.39, 0.29) is 23.8 Å². The van der Waals surface area contributed by atoms with E-state index >= 15 is 0 Å². The van der Waals surface area contributed by atoms with Gasteiger partial charge in [0.2, 0.25) is 5.91 Å². The van der Waals surface area contributed by atoms with Crippen LogP contribution < -0.4 is 10.2 Å². The lowest BCUT2D eigenvalue weighted by Gasteiger charge is -2.29. The summed E-state index contributed by atoms with van der Waals surface area (Å²) in [5, 5.41) is 2.75. The summed E-state index contributed by atoms with van der Waals surface area (Å²) < 4.78 is 0. The monoisotopic (exact) mass is 445 g/mol. The molecule has 2 aliphatic rings. The zero-order chi connectivity index (χ0) is 23.4. The van der Waals surface area contributed by atoms with Gasteiger partial charge in [-0.25, -0.2) is 0 Å². The number of benzene rings is 2. The molecule has 1 N–H and O–H groups in total. The van der Waals surface area contributed by atoms with Crippen LogP contribution in [0.4, 0.5) is 11.4 Å². The predicted octanol–water partition coefficient (Wildman–Crippen LogP) is 4.97.